The van der Waals surface area contributed by atoms with Crippen LogP contribution < -0.4 is 10.2 Å². The van der Waals surface area contributed by atoms with Gasteiger partial charge in [0.1, 0.15) is 11.5 Å². The summed E-state index contributed by atoms with van der Waals surface area (Å²) >= 11 is 6.22. The molecule has 30 heavy (non-hydrogen) atoms. The first kappa shape index (κ1) is 19.9. The summed E-state index contributed by atoms with van der Waals surface area (Å²) in [5.41, 5.74) is 3.35. The molecule has 0 radical (unpaired) electrons. The van der Waals surface area contributed by atoms with E-state index in [1.165, 1.54) is 18.2 Å². The van der Waals surface area contributed by atoms with Crippen molar-refractivity contribution >= 4 is 40.4 Å². The minimum Gasteiger partial charge on any atom is -0.350 e. The van der Waals surface area contributed by atoms with Gasteiger partial charge in [-0.2, -0.15) is 0 Å². The molecule has 150 valence electrons. The van der Waals surface area contributed by atoms with Gasteiger partial charge < -0.3 is 5.32 Å². The van der Waals surface area contributed by atoms with Crippen LogP contribution in [0.15, 0.2) is 72.4 Å². The van der Waals surface area contributed by atoms with Crippen LogP contribution in [0, 0.1) is 19.7 Å². The Kier molecular flexibility index (Phi) is 5.14. The highest BCUT2D eigenvalue weighted by atomic mass is 35.5. The Labute approximate surface area is 178 Å². The van der Waals surface area contributed by atoms with Crippen LogP contribution in [0.1, 0.15) is 16.7 Å². The van der Waals surface area contributed by atoms with Gasteiger partial charge in [-0.15, -0.1) is 0 Å². The highest BCUT2D eigenvalue weighted by Crippen LogP contribution is 2.36. The van der Waals surface area contributed by atoms with Crippen molar-refractivity contribution in [1.29, 1.82) is 0 Å². The van der Waals surface area contributed by atoms with E-state index < -0.39 is 17.6 Å². The molecule has 1 heterocycles. The van der Waals surface area contributed by atoms with Gasteiger partial charge in [0.15, 0.2) is 0 Å². The van der Waals surface area contributed by atoms with Gasteiger partial charge in [-0.25, -0.2) is 9.29 Å². The van der Waals surface area contributed by atoms with Gasteiger partial charge in [-0.05, 0) is 55.3 Å². The van der Waals surface area contributed by atoms with E-state index in [-0.39, 0.29) is 11.3 Å². The molecular weight excluding hydrogens is 403 g/mol. The molecule has 0 fully saturated rings. The third kappa shape index (κ3) is 3.48. The molecule has 4 nitrogen and oxygen atoms in total. The van der Waals surface area contributed by atoms with Gasteiger partial charge in [0.2, 0.25) is 0 Å². The number of nitrogens with one attached hydrogen (secondary N) is 1. The number of benzene rings is 3. The van der Waals surface area contributed by atoms with E-state index in [0.717, 1.165) is 10.5 Å². The van der Waals surface area contributed by atoms with Crippen molar-refractivity contribution in [3.8, 4) is 0 Å². The molecule has 1 aliphatic rings. The predicted molar refractivity (Wildman–Crippen MR) is 117 cm³/mol. The van der Waals surface area contributed by atoms with Crippen molar-refractivity contribution in [2.75, 3.05) is 10.2 Å². The molecule has 0 saturated heterocycles. The van der Waals surface area contributed by atoms with Crippen molar-refractivity contribution in [3.63, 3.8) is 0 Å². The first-order valence-electron chi connectivity index (χ1n) is 9.34. The number of imide groups is 1. The van der Waals surface area contributed by atoms with Crippen LogP contribution in [-0.2, 0) is 9.59 Å². The smallest absolute Gasteiger partial charge is 0.282 e. The van der Waals surface area contributed by atoms with E-state index in [0.29, 0.717) is 27.5 Å². The standard InChI is InChI=1S/C24H18ClFN2O2/c1-14-9-11-16(12-10-14)21-22(27-18-6-3-5-17(26)13-18)24(30)28(23(21)29)20-8-4-7-19(25)15(20)2/h3-13,27H,1-2H3. The predicted octanol–water partition coefficient (Wildman–Crippen LogP) is 5.49. The second-order valence-corrected chi connectivity index (χ2v) is 7.49. The second kappa shape index (κ2) is 7.76. The lowest BCUT2D eigenvalue weighted by Crippen LogP contribution is -2.33. The summed E-state index contributed by atoms with van der Waals surface area (Å²) in [5.74, 6) is -1.44. The Hall–Kier alpha value is -3.44. The van der Waals surface area contributed by atoms with E-state index in [2.05, 4.69) is 5.32 Å². The van der Waals surface area contributed by atoms with Crippen molar-refractivity contribution in [3.05, 3.63) is 100.0 Å². The molecule has 0 aliphatic carbocycles. The van der Waals surface area contributed by atoms with Crippen LogP contribution in [0.2, 0.25) is 5.02 Å². The van der Waals surface area contributed by atoms with Crippen LogP contribution in [0.5, 0.6) is 0 Å². The molecule has 0 aromatic heterocycles. The number of anilines is 2. The van der Waals surface area contributed by atoms with Gasteiger partial charge in [-0.1, -0.05) is 53.6 Å². The van der Waals surface area contributed by atoms with Gasteiger partial charge >= 0.3 is 0 Å². The average molecular weight is 421 g/mol. The number of hydrogen-bond donors (Lipinski definition) is 1. The van der Waals surface area contributed by atoms with Gasteiger partial charge in [0.25, 0.3) is 11.8 Å². The molecule has 0 atom stereocenters. The molecule has 0 saturated carbocycles. The van der Waals surface area contributed by atoms with Crippen molar-refractivity contribution in [2.24, 2.45) is 0 Å². The first-order chi connectivity index (χ1) is 14.4. The SMILES string of the molecule is Cc1ccc(C2=C(Nc3cccc(F)c3)C(=O)N(c3cccc(Cl)c3C)C2=O)cc1. The number of carbonyl (C=O) groups is 2. The normalized spacial score (nSPS) is 13.9. The minimum atomic E-state index is -0.523. The molecule has 4 rings (SSSR count). The topological polar surface area (TPSA) is 49.4 Å². The summed E-state index contributed by atoms with van der Waals surface area (Å²) < 4.78 is 13.7. The van der Waals surface area contributed by atoms with Crippen molar-refractivity contribution < 1.29 is 14.0 Å². The summed E-state index contributed by atoms with van der Waals surface area (Å²) in [5, 5.41) is 3.41. The van der Waals surface area contributed by atoms with E-state index in [9.17, 15) is 14.0 Å². The summed E-state index contributed by atoms with van der Waals surface area (Å²) in [4.78, 5) is 27.9. The van der Waals surface area contributed by atoms with E-state index in [1.54, 1.807) is 43.3 Å². The Balaban J connectivity index is 1.86. The fourth-order valence-corrected chi connectivity index (χ4v) is 3.57. The molecule has 2 amide bonds. The van der Waals surface area contributed by atoms with Crippen LogP contribution >= 0.6 is 11.6 Å². The molecule has 1 aliphatic heterocycles. The highest BCUT2D eigenvalue weighted by molar-refractivity contribution is 6.46. The maximum Gasteiger partial charge on any atom is 0.282 e. The maximum absolute atomic E-state index is 13.7. The number of aryl methyl sites for hydroxylation is 1. The van der Waals surface area contributed by atoms with E-state index >= 15 is 0 Å². The number of halogens is 2. The fourth-order valence-electron chi connectivity index (χ4n) is 3.40. The molecular formula is C24H18ClFN2O2. The van der Waals surface area contributed by atoms with Crippen molar-refractivity contribution in [2.45, 2.75) is 13.8 Å². The van der Waals surface area contributed by atoms with Gasteiger partial charge in [0, 0.05) is 10.7 Å². The quantitative estimate of drug-likeness (QED) is 0.567. The highest BCUT2D eigenvalue weighted by Gasteiger charge is 2.41. The second-order valence-electron chi connectivity index (χ2n) is 7.08. The summed E-state index contributed by atoms with van der Waals surface area (Å²) in [6, 6.07) is 18.1. The summed E-state index contributed by atoms with van der Waals surface area (Å²) in [7, 11) is 0. The Morgan fingerprint density at radius 3 is 2.30 bits per heavy atom. The zero-order chi connectivity index (χ0) is 21.4. The average Bonchev–Trinajstić information content (AvgIpc) is 2.95. The van der Waals surface area contributed by atoms with Crippen LogP contribution in [0.4, 0.5) is 15.8 Å². The lowest BCUT2D eigenvalue weighted by Gasteiger charge is -2.18. The van der Waals surface area contributed by atoms with Gasteiger partial charge in [0.05, 0.1) is 11.3 Å². The zero-order valence-electron chi connectivity index (χ0n) is 16.4. The number of hydrogen-bond acceptors (Lipinski definition) is 3. The first-order valence-corrected chi connectivity index (χ1v) is 9.72. The number of nitrogens with zero attached hydrogens (tertiary/aromatic N) is 1. The Morgan fingerprint density at radius 2 is 1.60 bits per heavy atom. The fraction of sp³-hybridized carbons (Fsp3) is 0.0833. The number of rotatable bonds is 4. The lowest BCUT2D eigenvalue weighted by molar-refractivity contribution is -0.120. The third-order valence-electron chi connectivity index (χ3n) is 5.00. The van der Waals surface area contributed by atoms with Crippen LogP contribution in [-0.4, -0.2) is 11.8 Å². The molecule has 6 heteroatoms. The third-order valence-corrected chi connectivity index (χ3v) is 5.41. The summed E-state index contributed by atoms with van der Waals surface area (Å²) in [6.07, 6.45) is 0. The van der Waals surface area contributed by atoms with Crippen LogP contribution in [0.3, 0.4) is 0 Å². The Morgan fingerprint density at radius 1 is 0.900 bits per heavy atom. The lowest BCUT2D eigenvalue weighted by atomic mass is 10.0. The molecule has 0 spiro atoms. The largest absolute Gasteiger partial charge is 0.350 e. The summed E-state index contributed by atoms with van der Waals surface area (Å²) in [6.45, 7) is 3.69. The Bertz CT molecular complexity index is 1200. The van der Waals surface area contributed by atoms with Gasteiger partial charge in [-0.3, -0.25) is 9.59 Å². The molecule has 1 N–H and O–H groups in total. The van der Waals surface area contributed by atoms with E-state index in [4.69, 9.17) is 11.6 Å². The minimum absolute atomic E-state index is 0.0915. The van der Waals surface area contributed by atoms with Crippen molar-refractivity contribution in [1.82, 2.24) is 0 Å². The monoisotopic (exact) mass is 420 g/mol. The maximum atomic E-state index is 13.7. The number of carbonyl (C=O) groups excluding carboxylic acids is 2. The molecule has 0 bridgehead atoms. The molecule has 0 unspecified atom stereocenters. The van der Waals surface area contributed by atoms with Crippen LogP contribution in [0.25, 0.3) is 5.57 Å². The molecule has 3 aromatic rings. The van der Waals surface area contributed by atoms with E-state index in [1.807, 2.05) is 19.1 Å². The molecule has 3 aromatic carbocycles. The number of amides is 2. The zero-order valence-corrected chi connectivity index (χ0v) is 17.1.